The van der Waals surface area contributed by atoms with E-state index in [9.17, 15) is 0 Å². The molecule has 1 aromatic rings. The summed E-state index contributed by atoms with van der Waals surface area (Å²) in [6.45, 7) is 0.956. The van der Waals surface area contributed by atoms with Gasteiger partial charge in [0.1, 0.15) is 0 Å². The van der Waals surface area contributed by atoms with Crippen LogP contribution in [0.3, 0.4) is 0 Å². The summed E-state index contributed by atoms with van der Waals surface area (Å²) in [5.41, 5.74) is 2.23. The second kappa shape index (κ2) is 4.33. The van der Waals surface area contributed by atoms with Crippen molar-refractivity contribution >= 4 is 28.9 Å². The Labute approximate surface area is 93.8 Å². The molecule has 3 heteroatoms. The topological polar surface area (TPSA) is 12.4 Å². The molecular weight excluding hydrogens is 217 g/mol. The average Bonchev–Trinajstić information content (AvgIpc) is 2.64. The number of aliphatic imine (C=N–C) groups is 1. The van der Waals surface area contributed by atoms with Crippen molar-refractivity contribution < 1.29 is 0 Å². The minimum atomic E-state index is 0.743. The number of benzene rings is 1. The largest absolute Gasteiger partial charge is 0.294 e. The van der Waals surface area contributed by atoms with Gasteiger partial charge >= 0.3 is 0 Å². The standard InChI is InChI=1S/C11H11Cl2N/c12-10-4-1-5-11(13)9(10)7-8-3-2-6-14-8/h1,4-5H,2-3,6-7H2. The van der Waals surface area contributed by atoms with Gasteiger partial charge in [-0.3, -0.25) is 4.99 Å². The fourth-order valence-corrected chi connectivity index (χ4v) is 2.18. The van der Waals surface area contributed by atoms with Crippen LogP contribution in [0.25, 0.3) is 0 Å². The first-order valence-electron chi connectivity index (χ1n) is 4.72. The summed E-state index contributed by atoms with van der Waals surface area (Å²) >= 11 is 12.1. The van der Waals surface area contributed by atoms with E-state index >= 15 is 0 Å². The summed E-state index contributed by atoms with van der Waals surface area (Å²) in [6, 6.07) is 5.61. The predicted octanol–water partition coefficient (Wildman–Crippen LogP) is 3.77. The number of halogens is 2. The lowest BCUT2D eigenvalue weighted by atomic mass is 10.1. The Morgan fingerprint density at radius 1 is 1.21 bits per heavy atom. The summed E-state index contributed by atoms with van der Waals surface area (Å²) in [5, 5.41) is 1.49. The Hall–Kier alpha value is -0.530. The molecule has 0 atom stereocenters. The van der Waals surface area contributed by atoms with E-state index in [1.165, 1.54) is 5.71 Å². The fourth-order valence-electron chi connectivity index (χ4n) is 1.65. The minimum Gasteiger partial charge on any atom is -0.294 e. The Morgan fingerprint density at radius 3 is 2.50 bits per heavy atom. The van der Waals surface area contributed by atoms with Crippen LogP contribution in [0.15, 0.2) is 23.2 Å². The van der Waals surface area contributed by atoms with Gasteiger partial charge in [0.15, 0.2) is 0 Å². The monoisotopic (exact) mass is 227 g/mol. The molecule has 0 N–H and O–H groups in total. The van der Waals surface area contributed by atoms with Gasteiger partial charge in [0.25, 0.3) is 0 Å². The van der Waals surface area contributed by atoms with Crippen molar-refractivity contribution in [1.29, 1.82) is 0 Å². The Bertz CT molecular complexity index is 351. The number of nitrogens with zero attached hydrogens (tertiary/aromatic N) is 1. The zero-order valence-electron chi connectivity index (χ0n) is 7.76. The van der Waals surface area contributed by atoms with Crippen LogP contribution in [0.2, 0.25) is 10.0 Å². The van der Waals surface area contributed by atoms with E-state index < -0.39 is 0 Å². The van der Waals surface area contributed by atoms with Gasteiger partial charge in [-0.1, -0.05) is 29.3 Å². The van der Waals surface area contributed by atoms with Crippen molar-refractivity contribution in [2.75, 3.05) is 6.54 Å². The molecule has 1 aromatic carbocycles. The molecule has 2 rings (SSSR count). The molecule has 0 bridgehead atoms. The quantitative estimate of drug-likeness (QED) is 0.730. The van der Waals surface area contributed by atoms with E-state index in [1.54, 1.807) is 0 Å². The minimum absolute atomic E-state index is 0.743. The zero-order chi connectivity index (χ0) is 9.97. The molecule has 1 aliphatic heterocycles. The molecule has 0 fully saturated rings. The van der Waals surface area contributed by atoms with Crippen LogP contribution in [-0.2, 0) is 6.42 Å². The van der Waals surface area contributed by atoms with E-state index in [1.807, 2.05) is 18.2 Å². The maximum Gasteiger partial charge on any atom is 0.0456 e. The van der Waals surface area contributed by atoms with Gasteiger partial charge in [0.05, 0.1) is 0 Å². The second-order valence-corrected chi connectivity index (χ2v) is 4.24. The van der Waals surface area contributed by atoms with Crippen LogP contribution in [0.1, 0.15) is 18.4 Å². The van der Waals surface area contributed by atoms with E-state index in [0.717, 1.165) is 41.4 Å². The van der Waals surface area contributed by atoms with Gasteiger partial charge in [-0.25, -0.2) is 0 Å². The van der Waals surface area contributed by atoms with E-state index in [4.69, 9.17) is 23.2 Å². The molecule has 1 aliphatic rings. The van der Waals surface area contributed by atoms with Crippen molar-refractivity contribution in [1.82, 2.24) is 0 Å². The maximum absolute atomic E-state index is 6.07. The van der Waals surface area contributed by atoms with Crippen LogP contribution in [0, 0.1) is 0 Å². The molecule has 1 heterocycles. The molecule has 0 saturated heterocycles. The zero-order valence-corrected chi connectivity index (χ0v) is 9.28. The molecule has 0 unspecified atom stereocenters. The van der Waals surface area contributed by atoms with Crippen molar-refractivity contribution in [2.24, 2.45) is 4.99 Å². The average molecular weight is 228 g/mol. The van der Waals surface area contributed by atoms with E-state index in [-0.39, 0.29) is 0 Å². The van der Waals surface area contributed by atoms with Crippen molar-refractivity contribution in [3.63, 3.8) is 0 Å². The number of hydrogen-bond donors (Lipinski definition) is 0. The third-order valence-electron chi connectivity index (χ3n) is 2.40. The summed E-state index contributed by atoms with van der Waals surface area (Å²) in [6.07, 6.45) is 3.05. The number of rotatable bonds is 2. The van der Waals surface area contributed by atoms with Crippen molar-refractivity contribution in [3.8, 4) is 0 Å². The van der Waals surface area contributed by atoms with Crippen LogP contribution in [-0.4, -0.2) is 12.3 Å². The summed E-state index contributed by atoms with van der Waals surface area (Å²) < 4.78 is 0. The van der Waals surface area contributed by atoms with Gasteiger partial charge in [-0.2, -0.15) is 0 Å². The fraction of sp³-hybridized carbons (Fsp3) is 0.364. The van der Waals surface area contributed by atoms with Gasteiger partial charge in [0, 0.05) is 28.7 Å². The highest BCUT2D eigenvalue weighted by molar-refractivity contribution is 6.36. The lowest BCUT2D eigenvalue weighted by molar-refractivity contribution is 0.949. The molecule has 1 nitrogen and oxygen atoms in total. The van der Waals surface area contributed by atoms with Gasteiger partial charge in [-0.05, 0) is 30.5 Å². The van der Waals surface area contributed by atoms with E-state index in [0.29, 0.717) is 0 Å². The lowest BCUT2D eigenvalue weighted by Gasteiger charge is -2.06. The predicted molar refractivity (Wildman–Crippen MR) is 61.7 cm³/mol. The first-order chi connectivity index (χ1) is 6.77. The second-order valence-electron chi connectivity index (χ2n) is 3.43. The first-order valence-corrected chi connectivity index (χ1v) is 5.48. The molecular formula is C11H11Cl2N. The summed E-state index contributed by atoms with van der Waals surface area (Å²) in [4.78, 5) is 4.41. The molecule has 74 valence electrons. The molecule has 0 amide bonds. The van der Waals surface area contributed by atoms with Crippen LogP contribution >= 0.6 is 23.2 Å². The third-order valence-corrected chi connectivity index (χ3v) is 3.11. The summed E-state index contributed by atoms with van der Waals surface area (Å²) in [5.74, 6) is 0. The number of hydrogen-bond acceptors (Lipinski definition) is 1. The van der Waals surface area contributed by atoms with Gasteiger partial charge < -0.3 is 0 Å². The Balaban J connectivity index is 2.23. The smallest absolute Gasteiger partial charge is 0.0456 e. The Kier molecular flexibility index (Phi) is 3.09. The van der Waals surface area contributed by atoms with Gasteiger partial charge in [0.2, 0.25) is 0 Å². The third kappa shape index (κ3) is 2.10. The van der Waals surface area contributed by atoms with Crippen molar-refractivity contribution in [3.05, 3.63) is 33.8 Å². The van der Waals surface area contributed by atoms with Crippen LogP contribution in [0.4, 0.5) is 0 Å². The van der Waals surface area contributed by atoms with Crippen LogP contribution in [0.5, 0.6) is 0 Å². The highest BCUT2D eigenvalue weighted by Gasteiger charge is 2.11. The summed E-state index contributed by atoms with van der Waals surface area (Å²) in [7, 11) is 0. The normalized spacial score (nSPS) is 15.7. The van der Waals surface area contributed by atoms with Crippen LogP contribution < -0.4 is 0 Å². The molecule has 0 saturated carbocycles. The SMILES string of the molecule is Clc1cccc(Cl)c1CC1=NCCC1. The molecule has 0 radical (unpaired) electrons. The maximum atomic E-state index is 6.07. The Morgan fingerprint density at radius 2 is 1.93 bits per heavy atom. The molecule has 0 spiro atoms. The first kappa shape index (κ1) is 10.0. The highest BCUT2D eigenvalue weighted by Crippen LogP contribution is 2.26. The molecule has 14 heavy (non-hydrogen) atoms. The van der Waals surface area contributed by atoms with Gasteiger partial charge in [-0.15, -0.1) is 0 Å². The molecule has 0 aliphatic carbocycles. The molecule has 0 aromatic heterocycles. The lowest BCUT2D eigenvalue weighted by Crippen LogP contribution is -2.00. The highest BCUT2D eigenvalue weighted by atomic mass is 35.5. The van der Waals surface area contributed by atoms with E-state index in [2.05, 4.69) is 4.99 Å². The van der Waals surface area contributed by atoms with Crippen molar-refractivity contribution in [2.45, 2.75) is 19.3 Å².